The summed E-state index contributed by atoms with van der Waals surface area (Å²) in [6.45, 7) is 3.14. The maximum atomic E-state index is 13.2. The van der Waals surface area contributed by atoms with Gasteiger partial charge in [-0.3, -0.25) is 9.10 Å². The molecule has 0 aliphatic carbocycles. The molecule has 0 saturated carbocycles. The zero-order chi connectivity index (χ0) is 20.1. The minimum absolute atomic E-state index is 0.0966. The van der Waals surface area contributed by atoms with Gasteiger partial charge in [-0.25, -0.2) is 8.42 Å². The van der Waals surface area contributed by atoms with Crippen LogP contribution in [-0.2, 0) is 21.0 Å². The topological polar surface area (TPSA) is 57.7 Å². The fourth-order valence-electron chi connectivity index (χ4n) is 3.03. The minimum atomic E-state index is -4.64. The number of aryl methyl sites for hydroxylation is 1. The number of rotatable bonds is 2. The van der Waals surface area contributed by atoms with E-state index < -0.39 is 33.7 Å². The van der Waals surface area contributed by atoms with E-state index in [4.69, 9.17) is 0 Å². The van der Waals surface area contributed by atoms with Crippen LogP contribution < -0.4 is 9.21 Å². The molecule has 0 spiro atoms. The van der Waals surface area contributed by atoms with Crippen molar-refractivity contribution in [1.29, 1.82) is 0 Å². The van der Waals surface area contributed by atoms with Gasteiger partial charge in [-0.2, -0.15) is 13.2 Å². The molecule has 0 N–H and O–H groups in total. The molecular weight excluding hydrogens is 381 g/mol. The van der Waals surface area contributed by atoms with Crippen molar-refractivity contribution in [2.24, 2.45) is 0 Å². The van der Waals surface area contributed by atoms with Crippen LogP contribution in [0.1, 0.15) is 18.1 Å². The van der Waals surface area contributed by atoms with Gasteiger partial charge in [-0.1, -0.05) is 17.7 Å². The number of nitrogens with zero attached hydrogens (tertiary/aromatic N) is 2. The number of halogens is 3. The molecule has 5 nitrogen and oxygen atoms in total. The number of sulfonamides is 1. The smallest absolute Gasteiger partial charge is 0.312 e. The number of benzene rings is 2. The zero-order valence-electron chi connectivity index (χ0n) is 14.8. The molecule has 27 heavy (non-hydrogen) atoms. The third-order valence-electron chi connectivity index (χ3n) is 4.52. The van der Waals surface area contributed by atoms with E-state index in [-0.39, 0.29) is 16.3 Å². The molecule has 0 aromatic heterocycles. The molecule has 0 saturated heterocycles. The first-order chi connectivity index (χ1) is 12.4. The molecule has 3 rings (SSSR count). The van der Waals surface area contributed by atoms with E-state index in [0.29, 0.717) is 0 Å². The Balaban J connectivity index is 2.25. The van der Waals surface area contributed by atoms with Crippen molar-refractivity contribution in [3.05, 3.63) is 53.6 Å². The summed E-state index contributed by atoms with van der Waals surface area (Å²) >= 11 is 0. The van der Waals surface area contributed by atoms with Crippen LogP contribution in [0, 0.1) is 6.92 Å². The molecule has 1 amide bonds. The average Bonchev–Trinajstić information content (AvgIpc) is 2.59. The predicted molar refractivity (Wildman–Crippen MR) is 95.2 cm³/mol. The minimum Gasteiger partial charge on any atom is -0.312 e. The number of hydrogen-bond donors (Lipinski definition) is 0. The van der Waals surface area contributed by atoms with Gasteiger partial charge in [0.2, 0.25) is 5.91 Å². The van der Waals surface area contributed by atoms with E-state index >= 15 is 0 Å². The van der Waals surface area contributed by atoms with E-state index in [1.165, 1.54) is 31.0 Å². The second-order valence-corrected chi connectivity index (χ2v) is 8.20. The second-order valence-electron chi connectivity index (χ2n) is 6.39. The van der Waals surface area contributed by atoms with Gasteiger partial charge in [0, 0.05) is 7.05 Å². The van der Waals surface area contributed by atoms with Gasteiger partial charge in [-0.05, 0) is 44.2 Å². The normalized spacial score (nSPS) is 17.9. The predicted octanol–water partition coefficient (Wildman–Crippen LogP) is 3.57. The molecule has 144 valence electrons. The van der Waals surface area contributed by atoms with E-state index in [2.05, 4.69) is 0 Å². The van der Waals surface area contributed by atoms with Gasteiger partial charge in [0.05, 0.1) is 21.8 Å². The molecular formula is C18H17F3N2O3S. The summed E-state index contributed by atoms with van der Waals surface area (Å²) < 4.78 is 66.6. The number of amides is 1. The van der Waals surface area contributed by atoms with E-state index in [1.54, 1.807) is 19.1 Å². The lowest BCUT2D eigenvalue weighted by atomic mass is 10.1. The molecule has 9 heteroatoms. The van der Waals surface area contributed by atoms with Crippen LogP contribution in [0.2, 0.25) is 0 Å². The van der Waals surface area contributed by atoms with Crippen molar-refractivity contribution in [1.82, 2.24) is 0 Å². The highest BCUT2D eigenvalue weighted by Crippen LogP contribution is 2.42. The Hall–Kier alpha value is -2.55. The van der Waals surface area contributed by atoms with E-state index in [9.17, 15) is 26.4 Å². The third kappa shape index (κ3) is 3.16. The second kappa shape index (κ2) is 6.26. The monoisotopic (exact) mass is 398 g/mol. The first-order valence-corrected chi connectivity index (χ1v) is 9.48. The van der Waals surface area contributed by atoms with Crippen LogP contribution in [0.3, 0.4) is 0 Å². The Morgan fingerprint density at radius 1 is 1.00 bits per heavy atom. The third-order valence-corrected chi connectivity index (χ3v) is 6.42. The summed E-state index contributed by atoms with van der Waals surface area (Å²) in [5.41, 5.74) is -0.238. The molecule has 2 aromatic carbocycles. The van der Waals surface area contributed by atoms with Crippen molar-refractivity contribution < 1.29 is 26.4 Å². The highest BCUT2D eigenvalue weighted by molar-refractivity contribution is 7.93. The first kappa shape index (κ1) is 19.2. The Kier molecular flexibility index (Phi) is 4.46. The van der Waals surface area contributed by atoms with Gasteiger partial charge in [0.1, 0.15) is 6.04 Å². The zero-order valence-corrected chi connectivity index (χ0v) is 15.6. The van der Waals surface area contributed by atoms with Gasteiger partial charge in [0.15, 0.2) is 0 Å². The van der Waals surface area contributed by atoms with Gasteiger partial charge < -0.3 is 4.90 Å². The number of anilines is 2. The number of fused-ring (bicyclic) bond motifs is 1. The number of likely N-dealkylation sites (N-methyl/N-ethyl adjacent to an activating group) is 1. The van der Waals surface area contributed by atoms with Crippen molar-refractivity contribution in [2.45, 2.75) is 31.0 Å². The van der Waals surface area contributed by atoms with Crippen LogP contribution in [-0.4, -0.2) is 27.4 Å². The Morgan fingerprint density at radius 2 is 1.59 bits per heavy atom. The summed E-state index contributed by atoms with van der Waals surface area (Å²) in [4.78, 5) is 13.6. The molecule has 2 aromatic rings. The Labute approximate surface area is 155 Å². The molecule has 1 aliphatic heterocycles. The first-order valence-electron chi connectivity index (χ1n) is 8.04. The molecule has 0 fully saturated rings. The fourth-order valence-corrected chi connectivity index (χ4v) is 4.65. The van der Waals surface area contributed by atoms with Crippen LogP contribution in [0.4, 0.5) is 24.5 Å². The number of carbonyl (C=O) groups is 1. The Bertz CT molecular complexity index is 1000. The molecule has 1 heterocycles. The van der Waals surface area contributed by atoms with E-state index in [0.717, 1.165) is 28.1 Å². The quantitative estimate of drug-likeness (QED) is 0.777. The summed E-state index contributed by atoms with van der Waals surface area (Å²) in [5, 5.41) is 0. The standard InChI is InChI=1S/C18H17F3N2O3S/c1-11-4-7-14(8-5-11)27(25,26)23-12(2)17(24)22(3)15-9-6-13(10-16(15)23)18(19,20)21/h4-10,12H,1-3H3/t12-/m0/s1. The van der Waals surface area contributed by atoms with Gasteiger partial charge >= 0.3 is 6.18 Å². The molecule has 0 radical (unpaired) electrons. The van der Waals surface area contributed by atoms with Crippen LogP contribution in [0.25, 0.3) is 0 Å². The SMILES string of the molecule is Cc1ccc(S(=O)(=O)N2c3cc(C(F)(F)F)ccc3N(C)C(=O)[C@@H]2C)cc1. The number of carbonyl (C=O) groups excluding carboxylic acids is 1. The van der Waals surface area contributed by atoms with Crippen molar-refractivity contribution >= 4 is 27.3 Å². The highest BCUT2D eigenvalue weighted by atomic mass is 32.2. The summed E-state index contributed by atoms with van der Waals surface area (Å²) in [5.74, 6) is -0.530. The molecule has 0 unspecified atom stereocenters. The molecule has 1 aliphatic rings. The summed E-state index contributed by atoms with van der Waals surface area (Å²) in [6.07, 6.45) is -4.64. The van der Waals surface area contributed by atoms with E-state index in [1.807, 2.05) is 0 Å². The lowest BCUT2D eigenvalue weighted by Crippen LogP contribution is -2.53. The van der Waals surface area contributed by atoms with Crippen LogP contribution in [0.15, 0.2) is 47.4 Å². The maximum Gasteiger partial charge on any atom is 0.416 e. The number of hydrogen-bond acceptors (Lipinski definition) is 3. The maximum absolute atomic E-state index is 13.2. The van der Waals surface area contributed by atoms with Gasteiger partial charge in [0.25, 0.3) is 10.0 Å². The lowest BCUT2D eigenvalue weighted by Gasteiger charge is -2.39. The van der Waals surface area contributed by atoms with Gasteiger partial charge in [-0.15, -0.1) is 0 Å². The molecule has 1 atom stereocenters. The Morgan fingerprint density at radius 3 is 2.15 bits per heavy atom. The summed E-state index contributed by atoms with van der Waals surface area (Å²) in [7, 11) is -2.84. The van der Waals surface area contributed by atoms with Crippen LogP contribution >= 0.6 is 0 Å². The largest absolute Gasteiger partial charge is 0.416 e. The van der Waals surface area contributed by atoms with Crippen LogP contribution in [0.5, 0.6) is 0 Å². The lowest BCUT2D eigenvalue weighted by molar-refractivity contribution is -0.137. The molecule has 0 bridgehead atoms. The highest BCUT2D eigenvalue weighted by Gasteiger charge is 2.42. The van der Waals surface area contributed by atoms with Crippen molar-refractivity contribution in [3.63, 3.8) is 0 Å². The average molecular weight is 398 g/mol. The van der Waals surface area contributed by atoms with Crippen molar-refractivity contribution in [3.8, 4) is 0 Å². The fraction of sp³-hybridized carbons (Fsp3) is 0.278. The number of alkyl halides is 3. The summed E-state index contributed by atoms with van der Waals surface area (Å²) in [6, 6.07) is 7.43. The van der Waals surface area contributed by atoms with Crippen molar-refractivity contribution in [2.75, 3.05) is 16.3 Å².